The molecule has 132 valence electrons. The average Bonchev–Trinajstić information content (AvgIpc) is 2.65. The van der Waals surface area contributed by atoms with Crippen molar-refractivity contribution < 1.29 is 19.1 Å². The zero-order valence-corrected chi connectivity index (χ0v) is 15.1. The molecule has 0 bridgehead atoms. The summed E-state index contributed by atoms with van der Waals surface area (Å²) in [6.45, 7) is 5.61. The van der Waals surface area contributed by atoms with Crippen molar-refractivity contribution in [3.63, 3.8) is 0 Å². The Hall–Kier alpha value is -3.14. The summed E-state index contributed by atoms with van der Waals surface area (Å²) in [5.74, 6) is 0.380. The lowest BCUT2D eigenvalue weighted by Crippen LogP contribution is -2.23. The van der Waals surface area contributed by atoms with Crippen LogP contribution < -0.4 is 9.47 Å². The Kier molecular flexibility index (Phi) is 4.76. The van der Waals surface area contributed by atoms with Gasteiger partial charge in [0.2, 0.25) is 0 Å². The predicted octanol–water partition coefficient (Wildman–Crippen LogP) is 4.24. The number of allylic oxidation sites excluding steroid dienone is 2. The Morgan fingerprint density at radius 3 is 2.04 bits per heavy atom. The molecular formula is C22H20O4. The van der Waals surface area contributed by atoms with E-state index in [1.165, 1.54) is 14.2 Å². The third kappa shape index (κ3) is 2.54. The molecule has 0 unspecified atom stereocenters. The van der Waals surface area contributed by atoms with Crippen LogP contribution in [-0.4, -0.2) is 25.8 Å². The van der Waals surface area contributed by atoms with Crippen LogP contribution in [0.2, 0.25) is 0 Å². The Morgan fingerprint density at radius 1 is 0.923 bits per heavy atom. The minimum Gasteiger partial charge on any atom is -0.496 e. The number of carbonyl (C=O) groups is 2. The van der Waals surface area contributed by atoms with Crippen molar-refractivity contribution in [2.45, 2.75) is 13.3 Å². The number of methoxy groups -OCH3 is 2. The second kappa shape index (κ2) is 7.00. The molecule has 0 saturated carbocycles. The number of carbonyl (C=O) groups excluding carboxylic acids is 2. The highest BCUT2D eigenvalue weighted by Gasteiger charge is 2.36. The van der Waals surface area contributed by atoms with Crippen LogP contribution in [-0.2, 0) is 6.42 Å². The van der Waals surface area contributed by atoms with E-state index >= 15 is 0 Å². The molecule has 4 heteroatoms. The second-order valence-electron chi connectivity index (χ2n) is 5.94. The summed E-state index contributed by atoms with van der Waals surface area (Å²) in [6, 6.07) is 6.95. The average molecular weight is 348 g/mol. The first-order valence-corrected chi connectivity index (χ1v) is 8.32. The number of hydrogen-bond acceptors (Lipinski definition) is 4. The summed E-state index contributed by atoms with van der Waals surface area (Å²) in [5, 5.41) is 0. The highest BCUT2D eigenvalue weighted by molar-refractivity contribution is 6.30. The lowest BCUT2D eigenvalue weighted by atomic mass is 9.81. The Labute approximate surface area is 152 Å². The van der Waals surface area contributed by atoms with E-state index in [0.29, 0.717) is 40.2 Å². The van der Waals surface area contributed by atoms with Crippen molar-refractivity contribution in [2.75, 3.05) is 14.2 Å². The van der Waals surface area contributed by atoms with Crippen molar-refractivity contribution in [2.24, 2.45) is 0 Å². The molecule has 0 heterocycles. The molecule has 0 radical (unpaired) electrons. The van der Waals surface area contributed by atoms with Crippen molar-refractivity contribution >= 4 is 17.6 Å². The predicted molar refractivity (Wildman–Crippen MR) is 101 cm³/mol. The summed E-state index contributed by atoms with van der Waals surface area (Å²) in [5.41, 5.74) is 2.87. The van der Waals surface area contributed by atoms with Gasteiger partial charge in [-0.15, -0.1) is 6.58 Å². The molecule has 0 N–H and O–H groups in total. The molecule has 0 fully saturated rings. The number of ether oxygens (including phenoxy) is 2. The number of hydrogen-bond donors (Lipinski definition) is 0. The molecule has 1 aliphatic carbocycles. The van der Waals surface area contributed by atoms with Gasteiger partial charge in [0.1, 0.15) is 11.5 Å². The first-order valence-electron chi connectivity index (χ1n) is 8.32. The van der Waals surface area contributed by atoms with E-state index in [9.17, 15) is 9.59 Å². The number of benzene rings is 2. The molecule has 0 aromatic heterocycles. The Bertz CT molecular complexity index is 951. The molecule has 4 nitrogen and oxygen atoms in total. The Balaban J connectivity index is 2.31. The van der Waals surface area contributed by atoms with Crippen molar-refractivity contribution in [1.29, 1.82) is 0 Å². The van der Waals surface area contributed by atoms with E-state index in [1.54, 1.807) is 30.3 Å². The van der Waals surface area contributed by atoms with Gasteiger partial charge in [0.05, 0.1) is 25.3 Å². The summed E-state index contributed by atoms with van der Waals surface area (Å²) < 4.78 is 11.0. The molecule has 2 aromatic carbocycles. The van der Waals surface area contributed by atoms with Gasteiger partial charge < -0.3 is 9.47 Å². The van der Waals surface area contributed by atoms with Gasteiger partial charge in [0.15, 0.2) is 11.6 Å². The number of rotatable bonds is 5. The van der Waals surface area contributed by atoms with Crippen LogP contribution in [0.3, 0.4) is 0 Å². The van der Waals surface area contributed by atoms with Gasteiger partial charge in [-0.3, -0.25) is 9.59 Å². The first-order chi connectivity index (χ1) is 12.6. The third-order valence-electron chi connectivity index (χ3n) is 4.49. The van der Waals surface area contributed by atoms with Crippen molar-refractivity contribution in [3.05, 3.63) is 76.4 Å². The van der Waals surface area contributed by atoms with Crippen LogP contribution in [0.5, 0.6) is 11.5 Å². The van der Waals surface area contributed by atoms with E-state index in [0.717, 1.165) is 11.1 Å². The maximum absolute atomic E-state index is 13.2. The fraction of sp³-hybridized carbons (Fsp3) is 0.182. The first kappa shape index (κ1) is 17.7. The van der Waals surface area contributed by atoms with Gasteiger partial charge in [-0.2, -0.15) is 0 Å². The maximum Gasteiger partial charge on any atom is 0.198 e. The summed E-state index contributed by atoms with van der Waals surface area (Å²) >= 11 is 0. The topological polar surface area (TPSA) is 52.6 Å². The summed E-state index contributed by atoms with van der Waals surface area (Å²) in [4.78, 5) is 26.4. The molecule has 0 amide bonds. The van der Waals surface area contributed by atoms with E-state index < -0.39 is 0 Å². The fourth-order valence-electron chi connectivity index (χ4n) is 3.40. The SMILES string of the molecule is C=CCc1ccc2c(c1OC)C(=O)c1ccc(/C=C/C)c(OC)c1C2=O. The fourth-order valence-corrected chi connectivity index (χ4v) is 3.40. The van der Waals surface area contributed by atoms with E-state index in [-0.39, 0.29) is 11.6 Å². The molecular weight excluding hydrogens is 328 g/mol. The molecule has 0 spiro atoms. The van der Waals surface area contributed by atoms with Crippen LogP contribution >= 0.6 is 0 Å². The largest absolute Gasteiger partial charge is 0.496 e. The minimum atomic E-state index is -0.235. The molecule has 26 heavy (non-hydrogen) atoms. The standard InChI is InChI=1S/C22H20O4/c1-5-7-13-9-11-15-17(21(13)25-3)19(23)16-12-10-14(8-6-2)22(26-4)18(16)20(15)24/h5-6,8-12H,1,7H2,2-4H3/b8-6+. The van der Waals surface area contributed by atoms with Crippen LogP contribution in [0.4, 0.5) is 0 Å². The normalized spacial score (nSPS) is 12.7. The van der Waals surface area contributed by atoms with Crippen molar-refractivity contribution in [3.8, 4) is 11.5 Å². The molecule has 0 aliphatic heterocycles. The quantitative estimate of drug-likeness (QED) is 0.647. The van der Waals surface area contributed by atoms with Crippen LogP contribution in [0, 0.1) is 0 Å². The van der Waals surface area contributed by atoms with Crippen molar-refractivity contribution in [1.82, 2.24) is 0 Å². The lowest BCUT2D eigenvalue weighted by molar-refractivity contribution is 0.0974. The molecule has 0 saturated heterocycles. The number of ketones is 2. The summed E-state index contributed by atoms with van der Waals surface area (Å²) in [6.07, 6.45) is 5.99. The van der Waals surface area contributed by atoms with Gasteiger partial charge in [-0.05, 0) is 31.0 Å². The monoisotopic (exact) mass is 348 g/mol. The highest BCUT2D eigenvalue weighted by Crippen LogP contribution is 2.40. The molecule has 1 aliphatic rings. The third-order valence-corrected chi connectivity index (χ3v) is 4.49. The van der Waals surface area contributed by atoms with E-state index in [1.807, 2.05) is 19.1 Å². The minimum absolute atomic E-state index is 0.234. The molecule has 3 rings (SSSR count). The molecule has 0 atom stereocenters. The van der Waals surface area contributed by atoms with E-state index in [2.05, 4.69) is 6.58 Å². The zero-order chi connectivity index (χ0) is 18.8. The molecule has 2 aromatic rings. The van der Waals surface area contributed by atoms with Crippen LogP contribution in [0.25, 0.3) is 6.08 Å². The highest BCUT2D eigenvalue weighted by atomic mass is 16.5. The van der Waals surface area contributed by atoms with Crippen LogP contribution in [0.15, 0.2) is 43.0 Å². The zero-order valence-electron chi connectivity index (χ0n) is 15.1. The maximum atomic E-state index is 13.2. The Morgan fingerprint density at radius 2 is 1.50 bits per heavy atom. The van der Waals surface area contributed by atoms with Gasteiger partial charge >= 0.3 is 0 Å². The van der Waals surface area contributed by atoms with E-state index in [4.69, 9.17) is 9.47 Å². The number of fused-ring (bicyclic) bond motifs is 2. The second-order valence-corrected chi connectivity index (χ2v) is 5.94. The van der Waals surface area contributed by atoms with Crippen LogP contribution in [0.1, 0.15) is 49.9 Å². The van der Waals surface area contributed by atoms with Gasteiger partial charge in [0, 0.05) is 16.7 Å². The smallest absolute Gasteiger partial charge is 0.198 e. The van der Waals surface area contributed by atoms with Gasteiger partial charge in [-0.25, -0.2) is 0 Å². The van der Waals surface area contributed by atoms with Gasteiger partial charge in [-0.1, -0.05) is 30.4 Å². The summed E-state index contributed by atoms with van der Waals surface area (Å²) in [7, 11) is 3.01. The lowest BCUT2D eigenvalue weighted by Gasteiger charge is -2.23. The van der Waals surface area contributed by atoms with Gasteiger partial charge in [0.25, 0.3) is 0 Å².